The molecule has 1 atom stereocenters. The van der Waals surface area contributed by atoms with E-state index in [1.807, 2.05) is 30.3 Å². The highest BCUT2D eigenvalue weighted by Crippen LogP contribution is 2.40. The zero-order valence-electron chi connectivity index (χ0n) is 14.0. The monoisotopic (exact) mass is 340 g/mol. The third-order valence-corrected chi connectivity index (χ3v) is 4.30. The van der Waals surface area contributed by atoms with Crippen molar-refractivity contribution < 1.29 is 14.5 Å². The van der Waals surface area contributed by atoms with Crippen molar-refractivity contribution >= 4 is 11.6 Å². The Labute approximate surface area is 146 Å². The Hall–Kier alpha value is -2.89. The zero-order chi connectivity index (χ0) is 17.8. The van der Waals surface area contributed by atoms with E-state index in [4.69, 9.17) is 4.74 Å². The van der Waals surface area contributed by atoms with Crippen LogP contribution in [0.4, 0.5) is 5.69 Å². The minimum Gasteiger partial charge on any atom is -0.484 e. The van der Waals surface area contributed by atoms with E-state index in [0.717, 1.165) is 18.4 Å². The zero-order valence-corrected chi connectivity index (χ0v) is 14.0. The second-order valence-corrected chi connectivity index (χ2v) is 6.29. The number of nitrogens with zero attached hydrogens (tertiary/aromatic N) is 1. The Morgan fingerprint density at radius 2 is 2.00 bits per heavy atom. The molecule has 2 aromatic carbocycles. The molecule has 1 unspecified atom stereocenters. The summed E-state index contributed by atoms with van der Waals surface area (Å²) in [7, 11) is 0. The van der Waals surface area contributed by atoms with Gasteiger partial charge >= 0.3 is 0 Å². The van der Waals surface area contributed by atoms with Gasteiger partial charge in [0, 0.05) is 11.6 Å². The Morgan fingerprint density at radius 1 is 1.28 bits per heavy atom. The van der Waals surface area contributed by atoms with Gasteiger partial charge in [0.05, 0.1) is 11.0 Å². The van der Waals surface area contributed by atoms with Gasteiger partial charge in [0.2, 0.25) is 0 Å². The molecule has 2 aromatic rings. The SMILES string of the molecule is Cc1cc(OCC(=O)NC(c2ccccc2)C2CC2)ccc1[N+](=O)[O-]. The van der Waals surface area contributed by atoms with Gasteiger partial charge in [0.15, 0.2) is 6.61 Å². The van der Waals surface area contributed by atoms with Gasteiger partial charge in [-0.1, -0.05) is 30.3 Å². The van der Waals surface area contributed by atoms with Crippen LogP contribution in [-0.2, 0) is 4.79 Å². The smallest absolute Gasteiger partial charge is 0.272 e. The number of nitro groups is 1. The maximum Gasteiger partial charge on any atom is 0.272 e. The highest BCUT2D eigenvalue weighted by atomic mass is 16.6. The minimum absolute atomic E-state index is 0.0101. The molecule has 0 aliphatic heterocycles. The Bertz CT molecular complexity index is 772. The van der Waals surface area contributed by atoms with Crippen molar-refractivity contribution in [2.45, 2.75) is 25.8 Å². The molecule has 1 amide bonds. The Kier molecular flexibility index (Phi) is 4.97. The first-order valence-corrected chi connectivity index (χ1v) is 8.27. The lowest BCUT2D eigenvalue weighted by Crippen LogP contribution is -2.33. The molecule has 130 valence electrons. The lowest BCUT2D eigenvalue weighted by atomic mass is 10.0. The molecule has 1 saturated carbocycles. The Balaban J connectivity index is 1.59. The predicted molar refractivity (Wildman–Crippen MR) is 93.4 cm³/mol. The van der Waals surface area contributed by atoms with Crippen molar-refractivity contribution in [3.05, 3.63) is 69.8 Å². The van der Waals surface area contributed by atoms with Crippen LogP contribution in [0.15, 0.2) is 48.5 Å². The summed E-state index contributed by atoms with van der Waals surface area (Å²) in [5, 5.41) is 13.9. The van der Waals surface area contributed by atoms with Crippen molar-refractivity contribution in [3.63, 3.8) is 0 Å². The van der Waals surface area contributed by atoms with Gasteiger partial charge in [-0.3, -0.25) is 14.9 Å². The van der Waals surface area contributed by atoms with Gasteiger partial charge in [0.25, 0.3) is 11.6 Å². The van der Waals surface area contributed by atoms with Crippen LogP contribution in [0.2, 0.25) is 0 Å². The third kappa shape index (κ3) is 4.35. The molecular formula is C19H20N2O4. The quantitative estimate of drug-likeness (QED) is 0.617. The standard InChI is InChI=1S/C19H20N2O4/c1-13-11-16(9-10-17(13)21(23)24)25-12-18(22)20-19(15-7-8-15)14-5-3-2-4-6-14/h2-6,9-11,15,19H,7-8,12H2,1H3,(H,20,22). The average molecular weight is 340 g/mol. The fourth-order valence-corrected chi connectivity index (χ4v) is 2.85. The largest absolute Gasteiger partial charge is 0.484 e. The normalized spacial score (nSPS) is 14.6. The molecule has 25 heavy (non-hydrogen) atoms. The maximum atomic E-state index is 12.2. The molecule has 0 saturated heterocycles. The fourth-order valence-electron chi connectivity index (χ4n) is 2.85. The molecule has 0 heterocycles. The molecule has 0 bridgehead atoms. The van der Waals surface area contributed by atoms with Crippen molar-refractivity contribution in [2.75, 3.05) is 6.61 Å². The van der Waals surface area contributed by atoms with E-state index in [1.165, 1.54) is 12.1 Å². The summed E-state index contributed by atoms with van der Waals surface area (Å²) in [5.41, 5.74) is 1.64. The van der Waals surface area contributed by atoms with Crippen molar-refractivity contribution in [1.29, 1.82) is 0 Å². The van der Waals surface area contributed by atoms with Gasteiger partial charge in [-0.2, -0.15) is 0 Å². The summed E-state index contributed by atoms with van der Waals surface area (Å²) < 4.78 is 5.49. The minimum atomic E-state index is -0.439. The lowest BCUT2D eigenvalue weighted by molar-refractivity contribution is -0.385. The van der Waals surface area contributed by atoms with E-state index in [9.17, 15) is 14.9 Å². The molecule has 1 fully saturated rings. The van der Waals surface area contributed by atoms with E-state index in [2.05, 4.69) is 5.32 Å². The molecule has 0 aromatic heterocycles. The third-order valence-electron chi connectivity index (χ3n) is 4.30. The number of hydrogen-bond acceptors (Lipinski definition) is 4. The number of amides is 1. The van der Waals surface area contributed by atoms with Gasteiger partial charge in [-0.05, 0) is 43.4 Å². The molecule has 1 N–H and O–H groups in total. The van der Waals surface area contributed by atoms with Gasteiger partial charge in [-0.15, -0.1) is 0 Å². The number of rotatable bonds is 7. The first kappa shape index (κ1) is 17.0. The predicted octanol–water partition coefficient (Wildman–Crippen LogP) is 3.55. The molecule has 3 rings (SSSR count). The van der Waals surface area contributed by atoms with Gasteiger partial charge in [0.1, 0.15) is 5.75 Å². The summed E-state index contributed by atoms with van der Waals surface area (Å²) >= 11 is 0. The van der Waals surface area contributed by atoms with Crippen LogP contribution in [0.3, 0.4) is 0 Å². The summed E-state index contributed by atoms with van der Waals surface area (Å²) in [6.45, 7) is 1.52. The molecule has 6 heteroatoms. The number of benzene rings is 2. The van der Waals surface area contributed by atoms with Crippen molar-refractivity contribution in [2.24, 2.45) is 5.92 Å². The number of ether oxygens (including phenoxy) is 1. The van der Waals surface area contributed by atoms with Crippen LogP contribution >= 0.6 is 0 Å². The first-order chi connectivity index (χ1) is 12.0. The van der Waals surface area contributed by atoms with Crippen LogP contribution in [0, 0.1) is 23.0 Å². The molecule has 1 aliphatic rings. The lowest BCUT2D eigenvalue weighted by Gasteiger charge is -2.19. The van der Waals surface area contributed by atoms with Gasteiger partial charge in [-0.25, -0.2) is 0 Å². The van der Waals surface area contributed by atoms with E-state index < -0.39 is 4.92 Å². The van der Waals surface area contributed by atoms with Crippen LogP contribution in [-0.4, -0.2) is 17.4 Å². The van der Waals surface area contributed by atoms with Crippen LogP contribution in [0.5, 0.6) is 5.75 Å². The number of carbonyl (C=O) groups excluding carboxylic acids is 1. The van der Waals surface area contributed by atoms with Gasteiger partial charge < -0.3 is 10.1 Å². The van der Waals surface area contributed by atoms with Crippen LogP contribution in [0.25, 0.3) is 0 Å². The summed E-state index contributed by atoms with van der Waals surface area (Å²) in [4.78, 5) is 22.6. The summed E-state index contributed by atoms with van der Waals surface area (Å²) in [6.07, 6.45) is 2.23. The second-order valence-electron chi connectivity index (χ2n) is 6.29. The van der Waals surface area contributed by atoms with Crippen molar-refractivity contribution in [1.82, 2.24) is 5.32 Å². The molecule has 0 spiro atoms. The highest BCUT2D eigenvalue weighted by Gasteiger charge is 2.33. The number of aryl methyl sites for hydroxylation is 1. The molecular weight excluding hydrogens is 320 g/mol. The molecule has 1 aliphatic carbocycles. The number of nitro benzene ring substituents is 1. The fraction of sp³-hybridized carbons (Fsp3) is 0.316. The number of nitrogens with one attached hydrogen (secondary N) is 1. The van der Waals surface area contributed by atoms with Crippen molar-refractivity contribution in [3.8, 4) is 5.75 Å². The van der Waals surface area contributed by atoms with E-state index >= 15 is 0 Å². The molecule has 0 radical (unpaired) electrons. The number of carbonyl (C=O) groups is 1. The Morgan fingerprint density at radius 3 is 2.60 bits per heavy atom. The van der Waals surface area contributed by atoms with E-state index in [0.29, 0.717) is 17.2 Å². The molecule has 6 nitrogen and oxygen atoms in total. The average Bonchev–Trinajstić information content (AvgIpc) is 3.43. The van der Waals surface area contributed by atoms with Crippen LogP contribution in [0.1, 0.15) is 30.0 Å². The van der Waals surface area contributed by atoms with E-state index in [-0.39, 0.29) is 24.2 Å². The summed E-state index contributed by atoms with van der Waals surface area (Å²) in [5.74, 6) is 0.727. The van der Waals surface area contributed by atoms with E-state index in [1.54, 1.807) is 13.0 Å². The topological polar surface area (TPSA) is 81.5 Å². The number of hydrogen-bond donors (Lipinski definition) is 1. The summed E-state index contributed by atoms with van der Waals surface area (Å²) in [6, 6.07) is 14.4. The highest BCUT2D eigenvalue weighted by molar-refractivity contribution is 5.78. The first-order valence-electron chi connectivity index (χ1n) is 8.27. The van der Waals surface area contributed by atoms with Crippen LogP contribution < -0.4 is 10.1 Å². The second kappa shape index (κ2) is 7.34. The maximum absolute atomic E-state index is 12.2.